The summed E-state index contributed by atoms with van der Waals surface area (Å²) in [4.78, 5) is 24.0. The lowest BCUT2D eigenvalue weighted by Gasteiger charge is -2.31. The summed E-state index contributed by atoms with van der Waals surface area (Å²) in [5.74, 6) is 0.0651. The van der Waals surface area contributed by atoms with Crippen LogP contribution in [0.25, 0.3) is 11.0 Å². The summed E-state index contributed by atoms with van der Waals surface area (Å²) in [6.45, 7) is 5.55. The zero-order valence-electron chi connectivity index (χ0n) is 16.8. The van der Waals surface area contributed by atoms with Gasteiger partial charge in [-0.05, 0) is 56.0 Å². The van der Waals surface area contributed by atoms with Gasteiger partial charge in [0.2, 0.25) is 0 Å². The van der Waals surface area contributed by atoms with Crippen LogP contribution in [0.3, 0.4) is 0 Å². The molecule has 4 rings (SSSR count). The number of pyridine rings is 2. The van der Waals surface area contributed by atoms with Crippen molar-refractivity contribution in [1.29, 1.82) is 0 Å². The molecule has 2 aromatic heterocycles. The molecule has 3 heterocycles. The van der Waals surface area contributed by atoms with Gasteiger partial charge in [-0.1, -0.05) is 18.5 Å². The number of carbonyl (C=O) groups excluding carboxylic acids is 1. The molecule has 0 aliphatic carbocycles. The molecular formula is C22H23Cl2FN4O. The summed E-state index contributed by atoms with van der Waals surface area (Å²) >= 11 is 5.94. The van der Waals surface area contributed by atoms with Crippen LogP contribution in [0.2, 0.25) is 5.02 Å². The highest BCUT2D eigenvalue weighted by atomic mass is 35.5. The maximum absolute atomic E-state index is 13.6. The quantitative estimate of drug-likeness (QED) is 0.552. The van der Waals surface area contributed by atoms with Crippen LogP contribution in [0.5, 0.6) is 0 Å². The number of hydrogen-bond donors (Lipinski definition) is 1. The van der Waals surface area contributed by atoms with Crippen molar-refractivity contribution >= 4 is 52.3 Å². The van der Waals surface area contributed by atoms with E-state index in [0.29, 0.717) is 28.5 Å². The first kappa shape index (κ1) is 22.2. The standard InChI is InChI=1S/C22H22ClFN4O.ClH/c1-13-7-9-28(10-8-13)22(29)17-12-25-21-16(5-3-14(2)26-21)20(17)27-15-4-6-19(24)18(23)11-15;/h3-6,11-13H,7-10H2,1-2H3,(H,25,26,27);1H. The van der Waals surface area contributed by atoms with E-state index in [-0.39, 0.29) is 23.3 Å². The third-order valence-corrected chi connectivity index (χ3v) is 5.65. The first-order valence-electron chi connectivity index (χ1n) is 9.70. The highest BCUT2D eigenvalue weighted by Gasteiger charge is 2.25. The molecule has 1 aliphatic rings. The number of amides is 1. The van der Waals surface area contributed by atoms with E-state index in [1.807, 2.05) is 24.0 Å². The highest BCUT2D eigenvalue weighted by Crippen LogP contribution is 2.31. The smallest absolute Gasteiger partial charge is 0.257 e. The first-order chi connectivity index (χ1) is 13.9. The Morgan fingerprint density at radius 2 is 1.97 bits per heavy atom. The molecule has 1 amide bonds. The van der Waals surface area contributed by atoms with Crippen LogP contribution in [-0.2, 0) is 0 Å². The van der Waals surface area contributed by atoms with E-state index in [1.54, 1.807) is 12.3 Å². The summed E-state index contributed by atoms with van der Waals surface area (Å²) in [5.41, 5.74) is 3.05. The minimum Gasteiger partial charge on any atom is -0.354 e. The van der Waals surface area contributed by atoms with Crippen molar-refractivity contribution in [2.45, 2.75) is 26.7 Å². The third kappa shape index (κ3) is 4.50. The lowest BCUT2D eigenvalue weighted by Crippen LogP contribution is -2.38. The second-order valence-corrected chi connectivity index (χ2v) is 8.01. The van der Waals surface area contributed by atoms with Crippen molar-refractivity contribution < 1.29 is 9.18 Å². The maximum Gasteiger partial charge on any atom is 0.257 e. The topological polar surface area (TPSA) is 58.1 Å². The number of hydrogen-bond acceptors (Lipinski definition) is 4. The van der Waals surface area contributed by atoms with E-state index in [0.717, 1.165) is 37.0 Å². The predicted molar refractivity (Wildman–Crippen MR) is 121 cm³/mol. The number of likely N-dealkylation sites (tertiary alicyclic amines) is 1. The van der Waals surface area contributed by atoms with E-state index in [1.165, 1.54) is 12.1 Å². The van der Waals surface area contributed by atoms with Gasteiger partial charge in [-0.3, -0.25) is 4.79 Å². The molecule has 0 atom stereocenters. The summed E-state index contributed by atoms with van der Waals surface area (Å²) in [6, 6.07) is 8.16. The lowest BCUT2D eigenvalue weighted by atomic mass is 9.98. The molecule has 158 valence electrons. The molecule has 5 nitrogen and oxygen atoms in total. The Labute approximate surface area is 186 Å². The van der Waals surface area contributed by atoms with Gasteiger partial charge in [-0.25, -0.2) is 14.4 Å². The normalized spacial score (nSPS) is 14.5. The van der Waals surface area contributed by atoms with Crippen molar-refractivity contribution in [3.05, 3.63) is 58.6 Å². The van der Waals surface area contributed by atoms with E-state index in [9.17, 15) is 9.18 Å². The molecular weight excluding hydrogens is 426 g/mol. The van der Waals surface area contributed by atoms with Gasteiger partial charge in [0.15, 0.2) is 5.65 Å². The average molecular weight is 449 g/mol. The van der Waals surface area contributed by atoms with Gasteiger partial charge in [-0.2, -0.15) is 0 Å². The number of aryl methyl sites for hydroxylation is 1. The van der Waals surface area contributed by atoms with Crippen LogP contribution < -0.4 is 5.32 Å². The number of fused-ring (bicyclic) bond motifs is 1. The molecule has 8 heteroatoms. The minimum atomic E-state index is -0.493. The van der Waals surface area contributed by atoms with Crippen molar-refractivity contribution in [2.24, 2.45) is 5.92 Å². The van der Waals surface area contributed by atoms with Gasteiger partial charge in [0.1, 0.15) is 5.82 Å². The Hall–Kier alpha value is -2.44. The number of aromatic nitrogens is 2. The number of halogens is 3. The van der Waals surface area contributed by atoms with E-state index < -0.39 is 5.82 Å². The van der Waals surface area contributed by atoms with Crippen LogP contribution >= 0.6 is 24.0 Å². The zero-order valence-corrected chi connectivity index (χ0v) is 18.4. The van der Waals surface area contributed by atoms with Gasteiger partial charge < -0.3 is 10.2 Å². The number of nitrogens with zero attached hydrogens (tertiary/aromatic N) is 3. The molecule has 30 heavy (non-hydrogen) atoms. The van der Waals surface area contributed by atoms with Crippen molar-refractivity contribution in [1.82, 2.24) is 14.9 Å². The fourth-order valence-electron chi connectivity index (χ4n) is 3.57. The van der Waals surface area contributed by atoms with Crippen molar-refractivity contribution in [2.75, 3.05) is 18.4 Å². The Balaban J connectivity index is 0.00000256. The molecule has 1 fully saturated rings. The van der Waals surface area contributed by atoms with Gasteiger partial charge in [0.05, 0.1) is 16.3 Å². The van der Waals surface area contributed by atoms with Gasteiger partial charge >= 0.3 is 0 Å². The summed E-state index contributed by atoms with van der Waals surface area (Å²) in [7, 11) is 0. The molecule has 0 spiro atoms. The lowest BCUT2D eigenvalue weighted by molar-refractivity contribution is 0.0698. The third-order valence-electron chi connectivity index (χ3n) is 5.36. The average Bonchev–Trinajstić information content (AvgIpc) is 2.71. The number of piperidine rings is 1. The second-order valence-electron chi connectivity index (χ2n) is 7.60. The fraction of sp³-hybridized carbons (Fsp3) is 0.318. The Morgan fingerprint density at radius 3 is 2.67 bits per heavy atom. The van der Waals surface area contributed by atoms with Crippen molar-refractivity contribution in [3.63, 3.8) is 0 Å². The summed E-state index contributed by atoms with van der Waals surface area (Å²) < 4.78 is 13.6. The Bertz CT molecular complexity index is 1080. The number of rotatable bonds is 3. The van der Waals surface area contributed by atoms with Crippen LogP contribution in [0, 0.1) is 18.7 Å². The minimum absolute atomic E-state index is 0. The molecule has 0 bridgehead atoms. The van der Waals surface area contributed by atoms with E-state index in [4.69, 9.17) is 11.6 Å². The van der Waals surface area contributed by atoms with E-state index in [2.05, 4.69) is 22.2 Å². The molecule has 0 unspecified atom stereocenters. The Morgan fingerprint density at radius 1 is 1.23 bits per heavy atom. The number of nitrogens with one attached hydrogen (secondary N) is 1. The van der Waals surface area contributed by atoms with Crippen LogP contribution in [0.15, 0.2) is 36.5 Å². The molecule has 0 radical (unpaired) electrons. The zero-order chi connectivity index (χ0) is 20.5. The highest BCUT2D eigenvalue weighted by molar-refractivity contribution is 6.31. The van der Waals surface area contributed by atoms with Crippen LogP contribution in [0.1, 0.15) is 35.8 Å². The van der Waals surface area contributed by atoms with E-state index >= 15 is 0 Å². The SMILES string of the molecule is Cc1ccc2c(Nc3ccc(F)c(Cl)c3)c(C(=O)N3CCC(C)CC3)cnc2n1.Cl. The summed E-state index contributed by atoms with van der Waals surface area (Å²) in [6.07, 6.45) is 3.55. The Kier molecular flexibility index (Phi) is 6.78. The molecule has 1 aliphatic heterocycles. The second kappa shape index (κ2) is 9.14. The number of carbonyl (C=O) groups is 1. The van der Waals surface area contributed by atoms with Crippen LogP contribution in [-0.4, -0.2) is 33.9 Å². The largest absolute Gasteiger partial charge is 0.354 e. The van der Waals surface area contributed by atoms with Crippen LogP contribution in [0.4, 0.5) is 15.8 Å². The van der Waals surface area contributed by atoms with Gasteiger partial charge in [0.25, 0.3) is 5.91 Å². The fourth-order valence-corrected chi connectivity index (χ4v) is 3.75. The molecule has 1 N–H and O–H groups in total. The molecule has 3 aromatic rings. The molecule has 0 saturated carbocycles. The van der Waals surface area contributed by atoms with Crippen molar-refractivity contribution in [3.8, 4) is 0 Å². The van der Waals surface area contributed by atoms with Gasteiger partial charge in [0, 0.05) is 36.1 Å². The summed E-state index contributed by atoms with van der Waals surface area (Å²) in [5, 5.41) is 4.00. The molecule has 1 saturated heterocycles. The molecule has 1 aromatic carbocycles. The number of anilines is 2. The first-order valence-corrected chi connectivity index (χ1v) is 10.1. The van der Waals surface area contributed by atoms with Gasteiger partial charge in [-0.15, -0.1) is 12.4 Å². The maximum atomic E-state index is 13.6. The number of benzene rings is 1. The predicted octanol–water partition coefficient (Wildman–Crippen LogP) is 5.77. The monoisotopic (exact) mass is 448 g/mol.